The van der Waals surface area contributed by atoms with Crippen molar-refractivity contribution in [1.82, 2.24) is 4.90 Å². The summed E-state index contributed by atoms with van der Waals surface area (Å²) >= 11 is 0. The number of amides is 1. The molecule has 4 aliphatic carbocycles. The fourth-order valence-electron chi connectivity index (χ4n) is 11.0. The van der Waals surface area contributed by atoms with Gasteiger partial charge in [0.1, 0.15) is 24.4 Å². The van der Waals surface area contributed by atoms with Crippen molar-refractivity contribution in [2.45, 2.75) is 134 Å². The van der Waals surface area contributed by atoms with E-state index < -0.39 is 54.3 Å². The van der Waals surface area contributed by atoms with Gasteiger partial charge in [-0.05, 0) is 97.7 Å². The third kappa shape index (κ3) is 6.74. The van der Waals surface area contributed by atoms with E-state index in [-0.39, 0.29) is 78.9 Å². The molecule has 5 fully saturated rings. The average Bonchev–Trinajstić information content (AvgIpc) is 3.41. The number of fused-ring (bicyclic) bond motifs is 5. The molecule has 1 aliphatic heterocycles. The SMILES string of the molecule is COC(=O)CCN(C[C@H]1O[C@H](OC)[C@@H](O)[C@@H](O)[C@@H]1O)C(=O)CC[C@@H](C)[C@H]1CC[C@H]2[C@@H]3[C@H](O)C[C@@H]4C[C@H](O)CC[C@]4(C)[C@H]3C[C@H](O)[C@]12C. The summed E-state index contributed by atoms with van der Waals surface area (Å²) in [6.45, 7) is 6.56. The molecule has 6 N–H and O–H groups in total. The number of nitrogens with zero attached hydrogens (tertiary/aromatic N) is 1. The monoisotopic (exact) mass is 669 g/mol. The van der Waals surface area contributed by atoms with E-state index in [2.05, 4.69) is 20.8 Å². The lowest BCUT2D eigenvalue weighted by molar-refractivity contribution is -0.291. The fraction of sp³-hybridized carbons (Fsp3) is 0.943. The predicted octanol–water partition coefficient (Wildman–Crippen LogP) is 1.21. The number of aliphatic hydroxyl groups is 6. The number of ether oxygens (including phenoxy) is 3. The largest absolute Gasteiger partial charge is 0.469 e. The summed E-state index contributed by atoms with van der Waals surface area (Å²) in [5.41, 5.74) is -0.388. The van der Waals surface area contributed by atoms with Crippen LogP contribution in [0.2, 0.25) is 0 Å². The van der Waals surface area contributed by atoms with Crippen LogP contribution in [0, 0.1) is 46.3 Å². The van der Waals surface area contributed by atoms with E-state index in [4.69, 9.17) is 14.2 Å². The van der Waals surface area contributed by atoms with Crippen LogP contribution < -0.4 is 0 Å². The number of hydrogen-bond acceptors (Lipinski definition) is 11. The maximum absolute atomic E-state index is 13.7. The summed E-state index contributed by atoms with van der Waals surface area (Å²) < 4.78 is 15.6. The Morgan fingerprint density at radius 3 is 2.32 bits per heavy atom. The molecule has 4 saturated carbocycles. The topological polar surface area (TPSA) is 186 Å². The maximum atomic E-state index is 13.7. The van der Waals surface area contributed by atoms with Crippen molar-refractivity contribution in [2.75, 3.05) is 27.3 Å². The van der Waals surface area contributed by atoms with E-state index >= 15 is 0 Å². The highest BCUT2D eigenvalue weighted by atomic mass is 16.7. The Labute approximate surface area is 278 Å². The second-order valence-electron chi connectivity index (χ2n) is 16.0. The first-order valence-electron chi connectivity index (χ1n) is 17.8. The molecule has 0 bridgehead atoms. The molecule has 0 aromatic rings. The van der Waals surface area contributed by atoms with E-state index in [0.717, 1.165) is 32.1 Å². The van der Waals surface area contributed by atoms with Crippen molar-refractivity contribution >= 4 is 11.9 Å². The Morgan fingerprint density at radius 2 is 1.64 bits per heavy atom. The van der Waals surface area contributed by atoms with Gasteiger partial charge in [-0.2, -0.15) is 0 Å². The zero-order valence-corrected chi connectivity index (χ0v) is 28.7. The molecule has 1 amide bonds. The van der Waals surface area contributed by atoms with E-state index in [1.54, 1.807) is 0 Å². The van der Waals surface area contributed by atoms with Gasteiger partial charge in [-0.15, -0.1) is 0 Å². The standard InChI is InChI=1S/C35H59NO11/c1-18(6-9-27(40)36(13-11-28(41)45-4)17-25-30(42)31(43)32(44)33(46-5)47-25)21-7-8-22-29-23(16-26(39)35(21,22)3)34(2)12-10-20(37)14-19(34)15-24(29)38/h18-26,29-33,37-39,42-44H,6-17H2,1-5H3/t18-,19+,20-,21-,22+,23+,24-,25-,26+,29+,30-,31+,32+,33+,34+,35-/m1/s1. The van der Waals surface area contributed by atoms with Gasteiger partial charge in [-0.1, -0.05) is 20.8 Å². The first-order chi connectivity index (χ1) is 22.2. The molecule has 270 valence electrons. The molecule has 1 saturated heterocycles. The predicted molar refractivity (Wildman–Crippen MR) is 169 cm³/mol. The van der Waals surface area contributed by atoms with Crippen LogP contribution in [0.4, 0.5) is 0 Å². The fourth-order valence-corrected chi connectivity index (χ4v) is 11.0. The van der Waals surface area contributed by atoms with Gasteiger partial charge >= 0.3 is 5.97 Å². The first kappa shape index (κ1) is 36.9. The summed E-state index contributed by atoms with van der Waals surface area (Å²) in [4.78, 5) is 27.1. The number of carbonyl (C=O) groups excluding carboxylic acids is 2. The second-order valence-corrected chi connectivity index (χ2v) is 16.0. The van der Waals surface area contributed by atoms with Crippen molar-refractivity contribution < 1.29 is 54.4 Å². The van der Waals surface area contributed by atoms with Crippen LogP contribution in [-0.4, -0.2) is 124 Å². The molecule has 1 heterocycles. The summed E-state index contributed by atoms with van der Waals surface area (Å²) in [6.07, 6.45) is -1.70. The highest BCUT2D eigenvalue weighted by Crippen LogP contribution is 2.68. The quantitative estimate of drug-likeness (QED) is 0.184. The van der Waals surface area contributed by atoms with Crippen LogP contribution in [0.15, 0.2) is 0 Å². The Bertz CT molecular complexity index is 1110. The Hall–Kier alpha value is -1.38. The lowest BCUT2D eigenvalue weighted by Gasteiger charge is -2.63. The first-order valence-corrected chi connectivity index (χ1v) is 17.8. The lowest BCUT2D eigenvalue weighted by atomic mass is 9.43. The molecule has 12 nitrogen and oxygen atoms in total. The molecular formula is C35H59NO11. The van der Waals surface area contributed by atoms with Crippen molar-refractivity contribution in [1.29, 1.82) is 0 Å². The third-order valence-electron chi connectivity index (χ3n) is 13.8. The van der Waals surface area contributed by atoms with Crippen molar-refractivity contribution in [3.8, 4) is 0 Å². The highest BCUT2D eigenvalue weighted by Gasteiger charge is 2.65. The second kappa shape index (κ2) is 14.5. The summed E-state index contributed by atoms with van der Waals surface area (Å²) in [6, 6.07) is 0. The summed E-state index contributed by atoms with van der Waals surface area (Å²) in [5.74, 6) is 0.292. The van der Waals surface area contributed by atoms with Crippen LogP contribution in [0.1, 0.15) is 85.0 Å². The molecule has 0 unspecified atom stereocenters. The smallest absolute Gasteiger partial charge is 0.307 e. The minimum absolute atomic E-state index is 0.00223. The van der Waals surface area contributed by atoms with E-state index in [0.29, 0.717) is 19.3 Å². The van der Waals surface area contributed by atoms with Gasteiger partial charge in [0.2, 0.25) is 5.91 Å². The summed E-state index contributed by atoms with van der Waals surface area (Å²) in [7, 11) is 2.58. The highest BCUT2D eigenvalue weighted by molar-refractivity contribution is 5.77. The van der Waals surface area contributed by atoms with Gasteiger partial charge < -0.3 is 49.7 Å². The molecule has 5 aliphatic rings. The van der Waals surface area contributed by atoms with Gasteiger partial charge in [0.05, 0.1) is 31.8 Å². The molecule has 0 spiro atoms. The Morgan fingerprint density at radius 1 is 0.915 bits per heavy atom. The summed E-state index contributed by atoms with van der Waals surface area (Å²) in [5, 5.41) is 65.0. The minimum Gasteiger partial charge on any atom is -0.469 e. The van der Waals surface area contributed by atoms with Gasteiger partial charge in [-0.25, -0.2) is 0 Å². The molecule has 0 aromatic carbocycles. The van der Waals surface area contributed by atoms with Crippen LogP contribution in [0.3, 0.4) is 0 Å². The average molecular weight is 670 g/mol. The number of esters is 1. The van der Waals surface area contributed by atoms with Crippen LogP contribution >= 0.6 is 0 Å². The normalized spacial score (nSPS) is 46.9. The molecule has 12 heteroatoms. The zero-order chi connectivity index (χ0) is 34.4. The van der Waals surface area contributed by atoms with E-state index in [1.165, 1.54) is 19.1 Å². The molecule has 0 radical (unpaired) electrons. The molecular weight excluding hydrogens is 610 g/mol. The van der Waals surface area contributed by atoms with E-state index in [9.17, 15) is 40.2 Å². The molecule has 0 aromatic heterocycles. The Balaban J connectivity index is 1.26. The van der Waals surface area contributed by atoms with E-state index in [1.807, 2.05) is 0 Å². The van der Waals surface area contributed by atoms with Crippen molar-refractivity contribution in [3.63, 3.8) is 0 Å². The van der Waals surface area contributed by atoms with Gasteiger partial charge in [0.25, 0.3) is 0 Å². The maximum Gasteiger partial charge on any atom is 0.307 e. The van der Waals surface area contributed by atoms with Crippen molar-refractivity contribution in [2.24, 2.45) is 46.3 Å². The van der Waals surface area contributed by atoms with Crippen molar-refractivity contribution in [3.05, 3.63) is 0 Å². The number of hydrogen-bond donors (Lipinski definition) is 6. The van der Waals surface area contributed by atoms with Gasteiger partial charge in [0.15, 0.2) is 6.29 Å². The van der Waals surface area contributed by atoms with Gasteiger partial charge in [0, 0.05) is 26.6 Å². The molecule has 47 heavy (non-hydrogen) atoms. The van der Waals surface area contributed by atoms with Crippen LogP contribution in [0.25, 0.3) is 0 Å². The zero-order valence-electron chi connectivity index (χ0n) is 28.7. The van der Waals surface area contributed by atoms with Gasteiger partial charge in [-0.3, -0.25) is 9.59 Å². The minimum atomic E-state index is -1.53. The molecule has 16 atom stereocenters. The number of rotatable bonds is 10. The third-order valence-corrected chi connectivity index (χ3v) is 13.8. The van der Waals surface area contributed by atoms with Crippen LogP contribution in [-0.2, 0) is 23.8 Å². The molecule has 5 rings (SSSR count). The van der Waals surface area contributed by atoms with Crippen LogP contribution in [0.5, 0.6) is 0 Å². The number of aliphatic hydroxyl groups excluding tert-OH is 6. The lowest BCUT2D eigenvalue weighted by Crippen LogP contribution is -2.62. The number of methoxy groups -OCH3 is 2. The number of carbonyl (C=O) groups is 2. The Kier molecular flexibility index (Phi) is 11.4.